The van der Waals surface area contributed by atoms with Crippen molar-refractivity contribution in [1.82, 2.24) is 25.5 Å². The number of hydrogen-bond donors (Lipinski definition) is 4. The van der Waals surface area contributed by atoms with Gasteiger partial charge in [-0.1, -0.05) is 38.1 Å². The molecule has 0 radical (unpaired) electrons. The first-order chi connectivity index (χ1) is 17.2. The summed E-state index contributed by atoms with van der Waals surface area (Å²) in [7, 11) is 0. The summed E-state index contributed by atoms with van der Waals surface area (Å²) in [5.74, 6) is -2.01. The number of thioether (sulfide) groups is 1. The minimum atomic E-state index is -1.11. The summed E-state index contributed by atoms with van der Waals surface area (Å²) in [4.78, 5) is 59.8. The second-order valence-corrected chi connectivity index (χ2v) is 10.2. The van der Waals surface area contributed by atoms with Crippen molar-refractivity contribution >= 4 is 35.5 Å². The fourth-order valence-corrected chi connectivity index (χ4v) is 4.69. The molecular weight excluding hydrogens is 482 g/mol. The monoisotopic (exact) mass is 515 g/mol. The normalized spacial score (nSPS) is 16.7. The zero-order chi connectivity index (χ0) is 26.2. The van der Waals surface area contributed by atoms with Gasteiger partial charge in [0, 0.05) is 24.9 Å². The molecule has 2 aromatic rings. The third-order valence-electron chi connectivity index (χ3n) is 6.21. The number of hydrogen-bond acceptors (Lipinski definition) is 6. The number of fused-ring (bicyclic) bond motifs is 1. The van der Waals surface area contributed by atoms with Gasteiger partial charge in [0.2, 0.25) is 17.7 Å². The first-order valence-corrected chi connectivity index (χ1v) is 13.3. The number of carboxylic acid groups (broad SMARTS) is 1. The van der Waals surface area contributed by atoms with Crippen molar-refractivity contribution in [3.05, 3.63) is 53.6 Å². The van der Waals surface area contributed by atoms with Gasteiger partial charge in [-0.2, -0.15) is 11.8 Å². The first kappa shape index (κ1) is 27.3. The highest BCUT2D eigenvalue weighted by atomic mass is 32.2. The van der Waals surface area contributed by atoms with Crippen LogP contribution in [0.2, 0.25) is 0 Å². The molecule has 0 unspecified atom stereocenters. The molecule has 0 fully saturated rings. The van der Waals surface area contributed by atoms with E-state index in [1.165, 1.54) is 23.0 Å². The van der Waals surface area contributed by atoms with Crippen molar-refractivity contribution in [3.8, 4) is 0 Å². The van der Waals surface area contributed by atoms with E-state index in [4.69, 9.17) is 0 Å². The van der Waals surface area contributed by atoms with Crippen LogP contribution in [0.1, 0.15) is 37.1 Å². The first-order valence-electron chi connectivity index (χ1n) is 11.9. The van der Waals surface area contributed by atoms with Crippen LogP contribution in [0.5, 0.6) is 0 Å². The third kappa shape index (κ3) is 6.87. The molecule has 3 amide bonds. The summed E-state index contributed by atoms with van der Waals surface area (Å²) in [5.41, 5.74) is 2.47. The molecule has 4 N–H and O–H groups in total. The summed E-state index contributed by atoms with van der Waals surface area (Å²) < 4.78 is 0. The van der Waals surface area contributed by atoms with E-state index in [1.54, 1.807) is 6.20 Å². The Morgan fingerprint density at radius 3 is 2.53 bits per heavy atom. The van der Waals surface area contributed by atoms with E-state index in [9.17, 15) is 24.3 Å². The number of benzene rings is 1. The van der Waals surface area contributed by atoms with Crippen LogP contribution in [0.3, 0.4) is 0 Å². The Kier molecular flexibility index (Phi) is 9.51. The van der Waals surface area contributed by atoms with Crippen molar-refractivity contribution in [2.24, 2.45) is 5.92 Å². The van der Waals surface area contributed by atoms with Crippen molar-refractivity contribution in [3.63, 3.8) is 0 Å². The molecule has 2 heterocycles. The molecule has 1 aromatic carbocycles. The number of aromatic amines is 1. The van der Waals surface area contributed by atoms with E-state index in [1.807, 2.05) is 44.4 Å². The lowest BCUT2D eigenvalue weighted by atomic mass is 9.91. The molecule has 11 heteroatoms. The number of rotatable bonds is 11. The molecule has 194 valence electrons. The molecule has 3 atom stereocenters. The van der Waals surface area contributed by atoms with Gasteiger partial charge in [-0.3, -0.25) is 14.4 Å². The van der Waals surface area contributed by atoms with E-state index >= 15 is 0 Å². The molecule has 0 saturated carbocycles. The molecule has 0 spiro atoms. The van der Waals surface area contributed by atoms with Gasteiger partial charge in [0.15, 0.2) is 0 Å². The van der Waals surface area contributed by atoms with Crippen molar-refractivity contribution < 1.29 is 24.3 Å². The van der Waals surface area contributed by atoms with Crippen molar-refractivity contribution in [2.45, 2.75) is 57.8 Å². The maximum atomic E-state index is 13.8. The minimum absolute atomic E-state index is 0.0407. The van der Waals surface area contributed by atoms with E-state index in [2.05, 4.69) is 20.6 Å². The predicted octanol–water partition coefficient (Wildman–Crippen LogP) is 1.37. The summed E-state index contributed by atoms with van der Waals surface area (Å²) in [6.45, 7) is 3.85. The summed E-state index contributed by atoms with van der Waals surface area (Å²) in [6.07, 6.45) is 5.47. The Labute approximate surface area is 214 Å². The third-order valence-corrected chi connectivity index (χ3v) is 6.86. The van der Waals surface area contributed by atoms with Gasteiger partial charge in [-0.15, -0.1) is 0 Å². The SMILES string of the molecule is CSCC[C@H](NC(=O)[C@@H]1Cc2ccccc2CN1C(=O)[C@@H](NC(=O)Cc1cnc[nH]1)C(C)C)C(=O)O. The van der Waals surface area contributed by atoms with Gasteiger partial charge in [0.05, 0.1) is 12.7 Å². The topological polar surface area (TPSA) is 144 Å². The van der Waals surface area contributed by atoms with Crippen LogP contribution in [0.15, 0.2) is 36.8 Å². The summed E-state index contributed by atoms with van der Waals surface area (Å²) in [5, 5.41) is 15.0. The highest BCUT2D eigenvalue weighted by Crippen LogP contribution is 2.25. The Morgan fingerprint density at radius 1 is 1.19 bits per heavy atom. The molecule has 0 bridgehead atoms. The molecule has 36 heavy (non-hydrogen) atoms. The Morgan fingerprint density at radius 2 is 1.92 bits per heavy atom. The van der Waals surface area contributed by atoms with E-state index in [-0.39, 0.29) is 43.5 Å². The average Bonchev–Trinajstić information content (AvgIpc) is 3.36. The highest BCUT2D eigenvalue weighted by Gasteiger charge is 2.39. The van der Waals surface area contributed by atoms with Crippen LogP contribution in [0.4, 0.5) is 0 Å². The summed E-state index contributed by atoms with van der Waals surface area (Å²) in [6, 6.07) is 4.76. The standard InChI is InChI=1S/C25H33N5O5S/c1-15(2)22(29-21(31)11-18-12-26-14-27-18)24(33)30-13-17-7-5-4-6-16(17)10-20(30)23(32)28-19(25(34)35)8-9-36-3/h4-7,12,14-15,19-20,22H,8-11,13H2,1-3H3,(H,26,27)(H,28,32)(H,29,31)(H,34,35)/t19-,20-,22-/m0/s1. The molecule has 1 aliphatic rings. The lowest BCUT2D eigenvalue weighted by molar-refractivity contribution is -0.147. The highest BCUT2D eigenvalue weighted by molar-refractivity contribution is 7.98. The van der Waals surface area contributed by atoms with Gasteiger partial charge < -0.3 is 25.6 Å². The largest absolute Gasteiger partial charge is 0.480 e. The molecule has 0 aliphatic carbocycles. The molecule has 0 saturated heterocycles. The quantitative estimate of drug-likeness (QED) is 0.354. The second kappa shape index (κ2) is 12.6. The predicted molar refractivity (Wildman–Crippen MR) is 136 cm³/mol. The lowest BCUT2D eigenvalue weighted by Gasteiger charge is -2.39. The fourth-order valence-electron chi connectivity index (χ4n) is 4.22. The number of H-pyrrole nitrogens is 1. The molecule has 10 nitrogen and oxygen atoms in total. The number of amides is 3. The maximum Gasteiger partial charge on any atom is 0.326 e. The zero-order valence-corrected chi connectivity index (χ0v) is 21.5. The smallest absolute Gasteiger partial charge is 0.326 e. The molecule has 3 rings (SSSR count). The van der Waals surface area contributed by atoms with Crippen LogP contribution in [-0.4, -0.2) is 73.8 Å². The van der Waals surface area contributed by atoms with Crippen LogP contribution in [-0.2, 0) is 38.6 Å². The van der Waals surface area contributed by atoms with Gasteiger partial charge in [-0.25, -0.2) is 9.78 Å². The minimum Gasteiger partial charge on any atom is -0.480 e. The number of aliphatic carboxylic acids is 1. The molecule has 1 aliphatic heterocycles. The van der Waals surface area contributed by atoms with Gasteiger partial charge in [0.1, 0.15) is 18.1 Å². The van der Waals surface area contributed by atoms with E-state index in [0.29, 0.717) is 11.4 Å². The average molecular weight is 516 g/mol. The maximum absolute atomic E-state index is 13.8. The lowest BCUT2D eigenvalue weighted by Crippen LogP contribution is -2.60. The number of carbonyl (C=O) groups excluding carboxylic acids is 3. The Hall–Kier alpha value is -3.34. The number of nitrogens with zero attached hydrogens (tertiary/aromatic N) is 2. The number of imidazole rings is 1. The van der Waals surface area contributed by atoms with E-state index in [0.717, 1.165) is 11.1 Å². The number of carboxylic acids is 1. The number of carbonyl (C=O) groups is 4. The van der Waals surface area contributed by atoms with Crippen LogP contribution in [0.25, 0.3) is 0 Å². The summed E-state index contributed by atoms with van der Waals surface area (Å²) >= 11 is 1.49. The van der Waals surface area contributed by atoms with Gasteiger partial charge in [0.25, 0.3) is 0 Å². The van der Waals surface area contributed by atoms with Gasteiger partial charge in [-0.05, 0) is 35.5 Å². The Bertz CT molecular complexity index is 1070. The van der Waals surface area contributed by atoms with Crippen LogP contribution < -0.4 is 10.6 Å². The second-order valence-electron chi connectivity index (χ2n) is 9.18. The van der Waals surface area contributed by atoms with E-state index < -0.39 is 30.0 Å². The van der Waals surface area contributed by atoms with Crippen LogP contribution >= 0.6 is 11.8 Å². The van der Waals surface area contributed by atoms with Crippen molar-refractivity contribution in [2.75, 3.05) is 12.0 Å². The number of aromatic nitrogens is 2. The Balaban J connectivity index is 1.83. The van der Waals surface area contributed by atoms with Crippen molar-refractivity contribution in [1.29, 1.82) is 0 Å². The van der Waals surface area contributed by atoms with Crippen LogP contribution in [0, 0.1) is 5.92 Å². The number of nitrogens with one attached hydrogen (secondary N) is 3. The fraction of sp³-hybridized carbons (Fsp3) is 0.480. The van der Waals surface area contributed by atoms with Gasteiger partial charge >= 0.3 is 5.97 Å². The molecule has 1 aromatic heterocycles. The molecular formula is C25H33N5O5S. The zero-order valence-electron chi connectivity index (χ0n) is 20.7.